The molecule has 1 N–H and O–H groups in total. The number of aromatic carboxylic acids is 1. The Labute approximate surface area is 146 Å². The van der Waals surface area contributed by atoms with Gasteiger partial charge in [0.1, 0.15) is 0 Å². The Hall–Kier alpha value is -1.88. The number of morpholine rings is 1. The van der Waals surface area contributed by atoms with Crippen LogP contribution >= 0.6 is 11.6 Å². The molecule has 1 aliphatic rings. The van der Waals surface area contributed by atoms with Gasteiger partial charge < -0.3 is 9.84 Å². The predicted molar refractivity (Wildman–Crippen MR) is 93.4 cm³/mol. The van der Waals surface area contributed by atoms with Crippen molar-refractivity contribution in [1.29, 1.82) is 0 Å². The van der Waals surface area contributed by atoms with Gasteiger partial charge in [-0.2, -0.15) is 0 Å². The van der Waals surface area contributed by atoms with Gasteiger partial charge in [-0.3, -0.25) is 4.90 Å². The number of hydrogen-bond donors (Lipinski definition) is 1. The highest BCUT2D eigenvalue weighted by Crippen LogP contribution is 2.30. The summed E-state index contributed by atoms with van der Waals surface area (Å²) in [5.74, 6) is -0.903. The van der Waals surface area contributed by atoms with Gasteiger partial charge in [0.05, 0.1) is 18.3 Å². The first-order valence-electron chi connectivity index (χ1n) is 7.97. The van der Waals surface area contributed by atoms with E-state index in [4.69, 9.17) is 21.4 Å². The Balaban J connectivity index is 1.72. The summed E-state index contributed by atoms with van der Waals surface area (Å²) in [6.45, 7) is 4.29. The van der Waals surface area contributed by atoms with E-state index >= 15 is 0 Å². The van der Waals surface area contributed by atoms with Crippen molar-refractivity contribution < 1.29 is 14.6 Å². The summed E-state index contributed by atoms with van der Waals surface area (Å²) in [6, 6.07) is 15.1. The van der Waals surface area contributed by atoms with Crippen LogP contribution in [0.3, 0.4) is 0 Å². The molecule has 126 valence electrons. The monoisotopic (exact) mass is 345 g/mol. The van der Waals surface area contributed by atoms with Crippen molar-refractivity contribution in [2.45, 2.75) is 25.6 Å². The Bertz CT molecular complexity index is 717. The molecule has 0 bridgehead atoms. The van der Waals surface area contributed by atoms with Crippen molar-refractivity contribution in [1.82, 2.24) is 4.90 Å². The van der Waals surface area contributed by atoms with Gasteiger partial charge in [-0.05, 0) is 30.7 Å². The first-order valence-corrected chi connectivity index (χ1v) is 8.34. The van der Waals surface area contributed by atoms with Gasteiger partial charge in [-0.15, -0.1) is 0 Å². The molecule has 1 aliphatic heterocycles. The molecular weight excluding hydrogens is 326 g/mol. The van der Waals surface area contributed by atoms with E-state index in [1.807, 2.05) is 36.4 Å². The number of rotatable bonds is 4. The molecule has 2 aromatic rings. The van der Waals surface area contributed by atoms with Crippen LogP contribution in [0.15, 0.2) is 48.5 Å². The van der Waals surface area contributed by atoms with Crippen LogP contribution in [-0.4, -0.2) is 35.2 Å². The van der Waals surface area contributed by atoms with Crippen molar-refractivity contribution >= 4 is 17.6 Å². The number of carbonyl (C=O) groups is 1. The van der Waals surface area contributed by atoms with Crippen molar-refractivity contribution in [3.05, 3.63) is 70.2 Å². The standard InChI is InChI=1S/C19H20ClNO3/c1-13-12-24-18(16-4-2-3-5-17(16)20)11-21(13)10-14-6-8-15(9-7-14)19(22)23/h2-9,13,18H,10-12H2,1H3,(H,22,23). The van der Waals surface area contributed by atoms with Crippen LogP contribution in [0.25, 0.3) is 0 Å². The molecule has 0 radical (unpaired) electrons. The molecule has 2 atom stereocenters. The van der Waals surface area contributed by atoms with Crippen molar-refractivity contribution in [2.75, 3.05) is 13.2 Å². The average molecular weight is 346 g/mol. The van der Waals surface area contributed by atoms with Crippen LogP contribution in [0, 0.1) is 0 Å². The lowest BCUT2D eigenvalue weighted by atomic mass is 10.0. The molecule has 3 rings (SSSR count). The second-order valence-corrected chi connectivity index (χ2v) is 6.53. The average Bonchev–Trinajstić information content (AvgIpc) is 2.58. The molecule has 2 unspecified atom stereocenters. The molecule has 24 heavy (non-hydrogen) atoms. The van der Waals surface area contributed by atoms with E-state index in [1.54, 1.807) is 12.1 Å². The molecule has 5 heteroatoms. The number of nitrogens with zero attached hydrogens (tertiary/aromatic N) is 1. The van der Waals surface area contributed by atoms with Gasteiger partial charge in [-0.1, -0.05) is 41.9 Å². The summed E-state index contributed by atoms with van der Waals surface area (Å²) in [4.78, 5) is 13.3. The maximum Gasteiger partial charge on any atom is 0.335 e. The van der Waals surface area contributed by atoms with Crippen LogP contribution in [0.2, 0.25) is 5.02 Å². The predicted octanol–water partition coefficient (Wildman–Crippen LogP) is 4.00. The molecule has 1 heterocycles. The summed E-state index contributed by atoms with van der Waals surface area (Å²) in [5, 5.41) is 9.71. The zero-order chi connectivity index (χ0) is 17.1. The summed E-state index contributed by atoms with van der Waals surface area (Å²) < 4.78 is 5.97. The van der Waals surface area contributed by atoms with Gasteiger partial charge in [-0.25, -0.2) is 4.79 Å². The minimum atomic E-state index is -0.903. The molecule has 1 saturated heterocycles. The van der Waals surface area contributed by atoms with E-state index in [0.29, 0.717) is 18.2 Å². The van der Waals surface area contributed by atoms with Crippen molar-refractivity contribution in [2.24, 2.45) is 0 Å². The fraction of sp³-hybridized carbons (Fsp3) is 0.316. The third-order valence-electron chi connectivity index (χ3n) is 4.40. The Kier molecular flexibility index (Phi) is 5.19. The van der Waals surface area contributed by atoms with Crippen molar-refractivity contribution in [3.8, 4) is 0 Å². The third kappa shape index (κ3) is 3.78. The first kappa shape index (κ1) is 17.0. The highest BCUT2D eigenvalue weighted by molar-refractivity contribution is 6.31. The van der Waals surface area contributed by atoms with Crippen LogP contribution in [0.1, 0.15) is 34.5 Å². The number of carboxylic acids is 1. The van der Waals surface area contributed by atoms with E-state index in [1.165, 1.54) is 0 Å². The van der Waals surface area contributed by atoms with Crippen molar-refractivity contribution in [3.63, 3.8) is 0 Å². The number of benzene rings is 2. The molecular formula is C19H20ClNO3. The fourth-order valence-electron chi connectivity index (χ4n) is 2.94. The molecule has 4 nitrogen and oxygen atoms in total. The maximum absolute atomic E-state index is 10.9. The molecule has 0 aromatic heterocycles. The van der Waals surface area contributed by atoms with Gasteiger partial charge in [0.15, 0.2) is 0 Å². The van der Waals surface area contributed by atoms with Crippen LogP contribution in [0.5, 0.6) is 0 Å². The van der Waals surface area contributed by atoms with E-state index in [2.05, 4.69) is 11.8 Å². The summed E-state index contributed by atoms with van der Waals surface area (Å²) in [5.41, 5.74) is 2.41. The van der Waals surface area contributed by atoms with Crippen LogP contribution in [0.4, 0.5) is 0 Å². The van der Waals surface area contributed by atoms with Gasteiger partial charge in [0.2, 0.25) is 0 Å². The second-order valence-electron chi connectivity index (χ2n) is 6.12. The molecule has 2 aromatic carbocycles. The summed E-state index contributed by atoms with van der Waals surface area (Å²) in [6.07, 6.45) is -0.0480. The molecule has 0 saturated carbocycles. The summed E-state index contributed by atoms with van der Waals surface area (Å²) >= 11 is 6.29. The number of halogens is 1. The zero-order valence-electron chi connectivity index (χ0n) is 13.5. The largest absolute Gasteiger partial charge is 0.478 e. The zero-order valence-corrected chi connectivity index (χ0v) is 14.2. The second kappa shape index (κ2) is 7.34. The lowest BCUT2D eigenvalue weighted by molar-refractivity contribution is -0.0632. The highest BCUT2D eigenvalue weighted by atomic mass is 35.5. The maximum atomic E-state index is 10.9. The SMILES string of the molecule is CC1COC(c2ccccc2Cl)CN1Cc1ccc(C(=O)O)cc1. The smallest absolute Gasteiger partial charge is 0.335 e. The van der Waals surface area contributed by atoms with Crippen LogP contribution in [-0.2, 0) is 11.3 Å². The van der Waals surface area contributed by atoms with Crippen LogP contribution < -0.4 is 0 Å². The molecule has 1 fully saturated rings. The molecule has 0 spiro atoms. The number of ether oxygens (including phenoxy) is 1. The number of hydrogen-bond acceptors (Lipinski definition) is 3. The van der Waals surface area contributed by atoms with Gasteiger partial charge in [0, 0.05) is 29.7 Å². The first-order chi connectivity index (χ1) is 11.5. The lowest BCUT2D eigenvalue weighted by Crippen LogP contribution is -2.44. The Morgan fingerprint density at radius 3 is 2.62 bits per heavy atom. The quantitative estimate of drug-likeness (QED) is 0.910. The van der Waals surface area contributed by atoms with E-state index in [-0.39, 0.29) is 6.10 Å². The minimum Gasteiger partial charge on any atom is -0.478 e. The lowest BCUT2D eigenvalue weighted by Gasteiger charge is -2.38. The highest BCUT2D eigenvalue weighted by Gasteiger charge is 2.28. The number of carboxylic acid groups (broad SMARTS) is 1. The Morgan fingerprint density at radius 1 is 1.25 bits per heavy atom. The van der Waals surface area contributed by atoms with E-state index < -0.39 is 5.97 Å². The fourth-order valence-corrected chi connectivity index (χ4v) is 3.20. The summed E-state index contributed by atoms with van der Waals surface area (Å²) in [7, 11) is 0. The van der Waals surface area contributed by atoms with E-state index in [9.17, 15) is 4.79 Å². The topological polar surface area (TPSA) is 49.8 Å². The third-order valence-corrected chi connectivity index (χ3v) is 4.75. The van der Waals surface area contributed by atoms with Gasteiger partial charge in [0.25, 0.3) is 0 Å². The Morgan fingerprint density at radius 2 is 1.96 bits per heavy atom. The van der Waals surface area contributed by atoms with Gasteiger partial charge >= 0.3 is 5.97 Å². The van der Waals surface area contributed by atoms with E-state index in [0.717, 1.165) is 29.2 Å². The molecule has 0 aliphatic carbocycles. The molecule has 0 amide bonds. The minimum absolute atomic E-state index is 0.0480. The normalized spacial score (nSPS) is 21.6.